The summed E-state index contributed by atoms with van der Waals surface area (Å²) < 4.78 is 10.4. The van der Waals surface area contributed by atoms with Gasteiger partial charge in [-0.05, 0) is 116 Å². The van der Waals surface area contributed by atoms with E-state index < -0.39 is 83.4 Å². The lowest BCUT2D eigenvalue weighted by molar-refractivity contribution is -0.142. The molecule has 0 aromatic heterocycles. The van der Waals surface area contributed by atoms with Crippen LogP contribution in [-0.4, -0.2) is 107 Å². The number of nitrogens with two attached hydrogens (primary N) is 1. The topological polar surface area (TPSA) is 277 Å². The van der Waals surface area contributed by atoms with Crippen LogP contribution in [0.5, 0.6) is 0 Å². The minimum atomic E-state index is -1.79. The van der Waals surface area contributed by atoms with Gasteiger partial charge in [-0.1, -0.05) is 49.7 Å². The van der Waals surface area contributed by atoms with E-state index >= 15 is 0 Å². The third-order valence-corrected chi connectivity index (χ3v) is 8.82. The summed E-state index contributed by atoms with van der Waals surface area (Å²) in [5.74, 6) is -5.05. The number of rotatable bonds is 22. The lowest BCUT2D eigenvalue weighted by Crippen LogP contribution is -2.62. The third kappa shape index (κ3) is 19.9. The number of carboxylic acids is 1. The lowest BCUT2D eigenvalue weighted by atomic mass is 10.0. The first-order valence-corrected chi connectivity index (χ1v) is 20.5. The summed E-state index contributed by atoms with van der Waals surface area (Å²) in [6.45, 7) is 13.6. The standard InChI is InChI=1S/C43H65N7O11/c1-9-10-13-27-15-17-28(18-16-27)29-19-21-30(22-20-29)35(52)47-31(23-25-46-41(59)61-43(6,7)8)36(53)49-33(26(2)51)37(54)50-34(44)38(55)48-32(39(56)57)14-11-12-24-45-40(58)60-42(3,4)5/h15-22,26,31-34,51H,9-14,23-25,44H2,1-8H3,(H,45,58)(H,46,59)(H,47,52)(H,48,55)(H,49,53)(H,50,54)(H,56,57)/t26-,31+,32+,33+,34-/m1/s1. The van der Waals surface area contributed by atoms with Gasteiger partial charge in [0.15, 0.2) is 6.17 Å². The van der Waals surface area contributed by atoms with Gasteiger partial charge >= 0.3 is 18.2 Å². The molecule has 18 nitrogen and oxygen atoms in total. The Morgan fingerprint density at radius 1 is 0.656 bits per heavy atom. The second kappa shape index (κ2) is 24.5. The number of aliphatic hydroxyl groups excluding tert-OH is 1. The molecule has 0 saturated heterocycles. The zero-order valence-electron chi connectivity index (χ0n) is 36.5. The van der Waals surface area contributed by atoms with Gasteiger partial charge in [0.05, 0.1) is 6.10 Å². The molecule has 0 saturated carbocycles. The smallest absolute Gasteiger partial charge is 0.407 e. The fourth-order valence-electron chi connectivity index (χ4n) is 5.67. The Balaban J connectivity index is 2.11. The van der Waals surface area contributed by atoms with E-state index in [4.69, 9.17) is 15.2 Å². The Hall–Kier alpha value is -5.75. The minimum absolute atomic E-state index is 0.0306. The Morgan fingerprint density at radius 2 is 1.20 bits per heavy atom. The summed E-state index contributed by atoms with van der Waals surface area (Å²) in [4.78, 5) is 89.3. The molecule has 338 valence electrons. The van der Waals surface area contributed by atoms with Crippen LogP contribution >= 0.6 is 0 Å². The molecular weight excluding hydrogens is 791 g/mol. The van der Waals surface area contributed by atoms with Gasteiger partial charge in [0.25, 0.3) is 11.8 Å². The van der Waals surface area contributed by atoms with Crippen LogP contribution in [0.1, 0.15) is 110 Å². The van der Waals surface area contributed by atoms with Gasteiger partial charge in [0.2, 0.25) is 11.8 Å². The number of carbonyl (C=O) groups is 7. The van der Waals surface area contributed by atoms with Crippen molar-refractivity contribution in [2.24, 2.45) is 5.73 Å². The second-order valence-corrected chi connectivity index (χ2v) is 16.7. The molecule has 2 rings (SSSR count). The van der Waals surface area contributed by atoms with Crippen molar-refractivity contribution >= 4 is 41.8 Å². The summed E-state index contributed by atoms with van der Waals surface area (Å²) in [6, 6.07) is 10.5. The van der Waals surface area contributed by atoms with E-state index in [0.717, 1.165) is 30.4 Å². The molecule has 0 unspecified atom stereocenters. The molecule has 61 heavy (non-hydrogen) atoms. The SMILES string of the molecule is CCCCc1ccc(-c2ccc(C(=O)N[C@@H](CCNC(=O)OC(C)(C)C)C(=O)N[C@H](C(=O)N[C@@H](N)C(=O)N[C@@H](CCCCNC(=O)OC(C)(C)C)C(=O)O)[C@@H](C)O)cc2)cc1. The highest BCUT2D eigenvalue weighted by Gasteiger charge is 2.33. The molecule has 18 heteroatoms. The molecule has 0 radical (unpaired) electrons. The van der Waals surface area contributed by atoms with Gasteiger partial charge in [-0.2, -0.15) is 0 Å². The van der Waals surface area contributed by atoms with Crippen molar-refractivity contribution in [3.05, 3.63) is 59.7 Å². The van der Waals surface area contributed by atoms with E-state index in [1.165, 1.54) is 12.5 Å². The van der Waals surface area contributed by atoms with Crippen LogP contribution in [0.25, 0.3) is 11.1 Å². The maximum atomic E-state index is 13.7. The number of ether oxygens (including phenoxy) is 2. The molecule has 0 aliphatic carbocycles. The third-order valence-electron chi connectivity index (χ3n) is 8.82. The van der Waals surface area contributed by atoms with Crippen molar-refractivity contribution in [3.63, 3.8) is 0 Å². The maximum Gasteiger partial charge on any atom is 0.407 e. The number of carboxylic acid groups (broad SMARTS) is 1. The highest BCUT2D eigenvalue weighted by molar-refractivity contribution is 5.99. The largest absolute Gasteiger partial charge is 0.480 e. The van der Waals surface area contributed by atoms with Crippen LogP contribution in [0.3, 0.4) is 0 Å². The van der Waals surface area contributed by atoms with Crippen molar-refractivity contribution in [1.82, 2.24) is 31.9 Å². The van der Waals surface area contributed by atoms with Crippen LogP contribution in [-0.2, 0) is 35.1 Å². The summed E-state index contributed by atoms with van der Waals surface area (Å²) in [5.41, 5.74) is 7.69. The molecule has 0 aliphatic rings. The average molecular weight is 856 g/mol. The number of unbranched alkanes of at least 4 members (excludes halogenated alkanes) is 2. The lowest BCUT2D eigenvalue weighted by Gasteiger charge is -2.26. The number of aliphatic hydroxyl groups is 1. The fraction of sp³-hybridized carbons (Fsp3) is 0.558. The number of aliphatic carboxylic acids is 1. The maximum absolute atomic E-state index is 13.7. The quantitative estimate of drug-likeness (QED) is 0.0610. The molecular formula is C43H65N7O11. The average Bonchev–Trinajstić information content (AvgIpc) is 3.16. The van der Waals surface area contributed by atoms with Crippen molar-refractivity contribution in [1.29, 1.82) is 0 Å². The number of alkyl carbamates (subject to hydrolysis) is 2. The number of aryl methyl sites for hydroxylation is 1. The molecule has 0 aliphatic heterocycles. The number of carbonyl (C=O) groups excluding carboxylic acids is 6. The number of benzene rings is 2. The minimum Gasteiger partial charge on any atom is -0.480 e. The van der Waals surface area contributed by atoms with Gasteiger partial charge in [0.1, 0.15) is 29.3 Å². The van der Waals surface area contributed by atoms with E-state index in [1.54, 1.807) is 65.8 Å². The summed E-state index contributed by atoms with van der Waals surface area (Å²) in [5, 5.41) is 34.7. The van der Waals surface area contributed by atoms with E-state index in [0.29, 0.717) is 6.42 Å². The van der Waals surface area contributed by atoms with E-state index in [-0.39, 0.29) is 37.9 Å². The fourth-order valence-corrected chi connectivity index (χ4v) is 5.67. The number of amides is 6. The first kappa shape index (κ1) is 51.4. The Kier molecular flexibility index (Phi) is 20.6. The molecule has 0 bridgehead atoms. The van der Waals surface area contributed by atoms with Crippen LogP contribution in [0, 0.1) is 0 Å². The Morgan fingerprint density at radius 3 is 1.70 bits per heavy atom. The highest BCUT2D eigenvalue weighted by Crippen LogP contribution is 2.21. The first-order valence-electron chi connectivity index (χ1n) is 20.5. The first-order chi connectivity index (χ1) is 28.5. The second-order valence-electron chi connectivity index (χ2n) is 16.7. The van der Waals surface area contributed by atoms with Gasteiger partial charge in [-0.25, -0.2) is 14.4 Å². The van der Waals surface area contributed by atoms with Crippen molar-refractivity contribution in [2.75, 3.05) is 13.1 Å². The monoisotopic (exact) mass is 855 g/mol. The molecule has 10 N–H and O–H groups in total. The molecule has 6 amide bonds. The zero-order chi connectivity index (χ0) is 45.9. The van der Waals surface area contributed by atoms with Gasteiger partial charge in [0, 0.05) is 18.7 Å². The molecule has 5 atom stereocenters. The number of nitrogens with one attached hydrogen (secondary N) is 6. The summed E-state index contributed by atoms with van der Waals surface area (Å²) in [6.07, 6.45) is -1.08. The van der Waals surface area contributed by atoms with Crippen LogP contribution in [0.15, 0.2) is 48.5 Å². The van der Waals surface area contributed by atoms with Crippen molar-refractivity contribution in [2.45, 2.75) is 142 Å². The van der Waals surface area contributed by atoms with E-state index in [2.05, 4.69) is 51.0 Å². The Labute approximate surface area is 357 Å². The predicted molar refractivity (Wildman–Crippen MR) is 228 cm³/mol. The number of hydrogen-bond donors (Lipinski definition) is 9. The van der Waals surface area contributed by atoms with Gasteiger partial charge in [-0.3, -0.25) is 19.2 Å². The predicted octanol–water partition coefficient (Wildman–Crippen LogP) is 3.24. The molecule has 0 fully saturated rings. The Bertz CT molecular complexity index is 1770. The normalized spacial score (nSPS) is 13.9. The van der Waals surface area contributed by atoms with Gasteiger partial charge in [-0.15, -0.1) is 0 Å². The van der Waals surface area contributed by atoms with Crippen LogP contribution in [0.4, 0.5) is 9.59 Å². The molecule has 2 aromatic carbocycles. The summed E-state index contributed by atoms with van der Waals surface area (Å²) in [7, 11) is 0. The molecule has 0 spiro atoms. The van der Waals surface area contributed by atoms with Crippen molar-refractivity contribution < 1.29 is 53.2 Å². The van der Waals surface area contributed by atoms with E-state index in [1.807, 2.05) is 12.1 Å². The zero-order valence-corrected chi connectivity index (χ0v) is 36.5. The van der Waals surface area contributed by atoms with Gasteiger partial charge < -0.3 is 57.3 Å². The van der Waals surface area contributed by atoms with Crippen LogP contribution < -0.4 is 37.6 Å². The van der Waals surface area contributed by atoms with Crippen molar-refractivity contribution in [3.8, 4) is 11.1 Å². The molecule has 0 heterocycles. The summed E-state index contributed by atoms with van der Waals surface area (Å²) >= 11 is 0. The highest BCUT2D eigenvalue weighted by atomic mass is 16.6. The van der Waals surface area contributed by atoms with E-state index in [9.17, 15) is 43.8 Å². The molecule has 2 aromatic rings. The number of hydrogen-bond acceptors (Lipinski definition) is 11. The van der Waals surface area contributed by atoms with Crippen LogP contribution in [0.2, 0.25) is 0 Å².